The normalized spacial score (nSPS) is 15.6. The van der Waals surface area contributed by atoms with Crippen LogP contribution >= 0.6 is 0 Å². The second-order valence-electron chi connectivity index (χ2n) is 16.8. The van der Waals surface area contributed by atoms with Gasteiger partial charge in [-0.25, -0.2) is 0 Å². The van der Waals surface area contributed by atoms with E-state index in [2.05, 4.69) is 221 Å². The highest BCUT2D eigenvalue weighted by Gasteiger charge is 2.48. The van der Waals surface area contributed by atoms with Crippen LogP contribution in [0, 0.1) is 0 Å². The first-order chi connectivity index (χ1) is 27.3. The Kier molecular flexibility index (Phi) is 6.93. The van der Waals surface area contributed by atoms with E-state index in [1.807, 2.05) is 0 Å². The molecule has 0 atom stereocenters. The number of anilines is 3. The predicted molar refractivity (Wildman–Crippen MR) is 234 cm³/mol. The number of benzene rings is 8. The Morgan fingerprint density at radius 2 is 0.750 bits per heavy atom. The maximum absolute atomic E-state index is 2.60. The van der Waals surface area contributed by atoms with E-state index in [0.717, 1.165) is 0 Å². The molecule has 3 aliphatic rings. The van der Waals surface area contributed by atoms with E-state index in [1.165, 1.54) is 95.0 Å². The molecule has 3 aliphatic carbocycles. The lowest BCUT2D eigenvalue weighted by molar-refractivity contribution is 0.660. The van der Waals surface area contributed by atoms with Crippen molar-refractivity contribution in [3.63, 3.8) is 0 Å². The lowest BCUT2D eigenvalue weighted by Gasteiger charge is -2.35. The van der Waals surface area contributed by atoms with E-state index in [-0.39, 0.29) is 10.8 Å². The van der Waals surface area contributed by atoms with Crippen molar-refractivity contribution in [3.05, 3.63) is 233 Å². The van der Waals surface area contributed by atoms with Gasteiger partial charge in [0.05, 0.1) is 16.8 Å². The Bertz CT molecular complexity index is 2820. The van der Waals surface area contributed by atoms with E-state index < -0.39 is 5.41 Å². The summed E-state index contributed by atoms with van der Waals surface area (Å²) in [5.41, 5.74) is 21.3. The molecule has 0 unspecified atom stereocenters. The standard InChI is InChI=1S/C55H43N/c1-53(2)44-27-15-12-24-41(44)51-46(53)29-17-31-49(51)56(38-33-34-40-39-23-11-14-26-43(39)54(3,4)48(40)35-38)50-32-18-30-47-52(50)42-25-13-16-28-45(42)55(47,36-19-7-5-8-20-36)37-21-9-6-10-22-37/h5-35H,1-4H3. The molecular formula is C55H43N. The van der Waals surface area contributed by atoms with Crippen LogP contribution in [0.1, 0.15) is 72.2 Å². The molecule has 0 saturated carbocycles. The molecule has 0 aromatic heterocycles. The number of rotatable bonds is 5. The van der Waals surface area contributed by atoms with E-state index in [4.69, 9.17) is 0 Å². The van der Waals surface area contributed by atoms with Crippen LogP contribution in [0.15, 0.2) is 188 Å². The second-order valence-corrected chi connectivity index (χ2v) is 16.8. The Hall–Kier alpha value is -6.44. The minimum atomic E-state index is -0.495. The van der Waals surface area contributed by atoms with Crippen LogP contribution in [-0.4, -0.2) is 0 Å². The number of nitrogens with zero attached hydrogens (tertiary/aromatic N) is 1. The van der Waals surface area contributed by atoms with Crippen LogP contribution in [0.5, 0.6) is 0 Å². The molecule has 56 heavy (non-hydrogen) atoms. The van der Waals surface area contributed by atoms with Gasteiger partial charge in [-0.1, -0.05) is 191 Å². The van der Waals surface area contributed by atoms with E-state index in [1.54, 1.807) is 0 Å². The van der Waals surface area contributed by atoms with Crippen molar-refractivity contribution in [2.45, 2.75) is 43.9 Å². The van der Waals surface area contributed by atoms with Gasteiger partial charge in [-0.05, 0) is 91.0 Å². The molecule has 0 heterocycles. The Labute approximate surface area is 330 Å². The molecule has 1 nitrogen and oxygen atoms in total. The molecule has 8 aromatic rings. The zero-order valence-corrected chi connectivity index (χ0v) is 32.3. The summed E-state index contributed by atoms with van der Waals surface area (Å²) in [6.45, 7) is 9.53. The Morgan fingerprint density at radius 3 is 1.38 bits per heavy atom. The van der Waals surface area contributed by atoms with Crippen molar-refractivity contribution in [2.75, 3.05) is 4.90 Å². The summed E-state index contributed by atoms with van der Waals surface area (Å²) in [6.07, 6.45) is 0. The first-order valence-corrected chi connectivity index (χ1v) is 20.0. The Balaban J connectivity index is 1.25. The number of hydrogen-bond acceptors (Lipinski definition) is 1. The molecule has 0 spiro atoms. The molecule has 0 N–H and O–H groups in total. The first kappa shape index (κ1) is 32.9. The summed E-state index contributed by atoms with van der Waals surface area (Å²) < 4.78 is 0. The molecule has 0 aliphatic heterocycles. The van der Waals surface area contributed by atoms with Crippen LogP contribution in [0.2, 0.25) is 0 Å². The second kappa shape index (κ2) is 11.8. The quantitative estimate of drug-likeness (QED) is 0.171. The third-order valence-electron chi connectivity index (χ3n) is 13.4. The fourth-order valence-electron chi connectivity index (χ4n) is 10.8. The summed E-state index contributed by atoms with van der Waals surface area (Å²) in [5, 5.41) is 0. The first-order valence-electron chi connectivity index (χ1n) is 20.0. The summed E-state index contributed by atoms with van der Waals surface area (Å²) in [5.74, 6) is 0. The minimum Gasteiger partial charge on any atom is -0.309 e. The molecule has 0 radical (unpaired) electrons. The molecule has 0 saturated heterocycles. The zero-order chi connectivity index (χ0) is 37.8. The van der Waals surface area contributed by atoms with Gasteiger partial charge in [0.25, 0.3) is 0 Å². The van der Waals surface area contributed by atoms with Crippen molar-refractivity contribution >= 4 is 17.1 Å². The van der Waals surface area contributed by atoms with Gasteiger partial charge in [0.2, 0.25) is 0 Å². The fourth-order valence-corrected chi connectivity index (χ4v) is 10.8. The van der Waals surface area contributed by atoms with Crippen LogP contribution < -0.4 is 4.90 Å². The molecular weight excluding hydrogens is 675 g/mol. The highest BCUT2D eigenvalue weighted by molar-refractivity contribution is 6.02. The fraction of sp³-hybridized carbons (Fsp3) is 0.127. The average molecular weight is 718 g/mol. The summed E-state index contributed by atoms with van der Waals surface area (Å²) in [7, 11) is 0. The van der Waals surface area contributed by atoms with Crippen LogP contribution in [-0.2, 0) is 16.2 Å². The smallest absolute Gasteiger partial charge is 0.0714 e. The highest BCUT2D eigenvalue weighted by atomic mass is 15.1. The lowest BCUT2D eigenvalue weighted by Crippen LogP contribution is -2.28. The van der Waals surface area contributed by atoms with Gasteiger partial charge in [0, 0.05) is 27.6 Å². The maximum Gasteiger partial charge on any atom is 0.0714 e. The molecule has 268 valence electrons. The molecule has 0 bridgehead atoms. The van der Waals surface area contributed by atoms with E-state index >= 15 is 0 Å². The van der Waals surface area contributed by atoms with Gasteiger partial charge < -0.3 is 4.90 Å². The summed E-state index contributed by atoms with van der Waals surface area (Å²) in [4.78, 5) is 2.60. The molecule has 8 aromatic carbocycles. The minimum absolute atomic E-state index is 0.129. The topological polar surface area (TPSA) is 3.24 Å². The van der Waals surface area contributed by atoms with Gasteiger partial charge in [0.15, 0.2) is 0 Å². The third-order valence-corrected chi connectivity index (χ3v) is 13.4. The summed E-state index contributed by atoms with van der Waals surface area (Å²) >= 11 is 0. The van der Waals surface area contributed by atoms with E-state index in [0.29, 0.717) is 0 Å². The van der Waals surface area contributed by atoms with Gasteiger partial charge in [-0.15, -0.1) is 0 Å². The largest absolute Gasteiger partial charge is 0.309 e. The highest BCUT2D eigenvalue weighted by Crippen LogP contribution is 2.61. The van der Waals surface area contributed by atoms with Gasteiger partial charge in [-0.2, -0.15) is 0 Å². The van der Waals surface area contributed by atoms with Gasteiger partial charge in [0.1, 0.15) is 0 Å². The zero-order valence-electron chi connectivity index (χ0n) is 32.3. The number of fused-ring (bicyclic) bond motifs is 9. The van der Waals surface area contributed by atoms with Crippen molar-refractivity contribution in [2.24, 2.45) is 0 Å². The lowest BCUT2D eigenvalue weighted by atomic mass is 9.68. The average Bonchev–Trinajstić information content (AvgIpc) is 3.77. The molecule has 0 fully saturated rings. The third kappa shape index (κ3) is 4.26. The predicted octanol–water partition coefficient (Wildman–Crippen LogP) is 14.1. The van der Waals surface area contributed by atoms with Crippen LogP contribution in [0.3, 0.4) is 0 Å². The maximum atomic E-state index is 2.60. The Morgan fingerprint density at radius 1 is 0.321 bits per heavy atom. The van der Waals surface area contributed by atoms with Crippen molar-refractivity contribution in [1.29, 1.82) is 0 Å². The van der Waals surface area contributed by atoms with Crippen molar-refractivity contribution in [1.82, 2.24) is 0 Å². The van der Waals surface area contributed by atoms with Gasteiger partial charge >= 0.3 is 0 Å². The molecule has 11 rings (SSSR count). The van der Waals surface area contributed by atoms with Crippen LogP contribution in [0.4, 0.5) is 17.1 Å². The molecule has 0 amide bonds. The van der Waals surface area contributed by atoms with Crippen LogP contribution in [0.25, 0.3) is 33.4 Å². The van der Waals surface area contributed by atoms with Crippen molar-refractivity contribution in [3.8, 4) is 33.4 Å². The molecule has 1 heteroatoms. The monoisotopic (exact) mass is 717 g/mol. The number of hydrogen-bond donors (Lipinski definition) is 0. The van der Waals surface area contributed by atoms with E-state index in [9.17, 15) is 0 Å². The summed E-state index contributed by atoms with van der Waals surface area (Å²) in [6, 6.07) is 70.6. The SMILES string of the molecule is CC1(C)c2ccccc2-c2ccc(N(c3cccc4c3-c3ccccc3C4(C)C)c3cccc4c3-c3ccccc3C4(c3ccccc3)c3ccccc3)cc21. The van der Waals surface area contributed by atoms with Crippen molar-refractivity contribution < 1.29 is 0 Å². The van der Waals surface area contributed by atoms with Gasteiger partial charge in [-0.3, -0.25) is 0 Å².